The fourth-order valence-electron chi connectivity index (χ4n) is 6.92. The third-order valence-electron chi connectivity index (χ3n) is 9.37. The van der Waals surface area contributed by atoms with Crippen molar-refractivity contribution in [3.63, 3.8) is 0 Å². The Bertz CT molecular complexity index is 2560. The first-order valence-corrected chi connectivity index (χ1v) is 16.4. The Hall–Kier alpha value is -5.62. The van der Waals surface area contributed by atoms with Crippen molar-refractivity contribution in [3.8, 4) is 28.8 Å². The highest BCUT2D eigenvalue weighted by Gasteiger charge is 2.25. The molecule has 0 fully saturated rings. The summed E-state index contributed by atoms with van der Waals surface area (Å²) in [5, 5.41) is 4.41. The molecule has 0 saturated heterocycles. The molecule has 6 heteroatoms. The second kappa shape index (κ2) is 9.94. The largest absolute Gasteiger partial charge is 0.456 e. The zero-order chi connectivity index (χ0) is 32.9. The lowest BCUT2D eigenvalue weighted by Gasteiger charge is -2.24. The number of ether oxygens (including phenoxy) is 1. The van der Waals surface area contributed by atoms with Crippen LogP contribution in [0.1, 0.15) is 52.7 Å². The molecular weight excluding hydrogens is 594 g/mol. The van der Waals surface area contributed by atoms with Crippen LogP contribution in [-0.2, 0) is 10.8 Å². The van der Waals surface area contributed by atoms with Crippen LogP contribution in [0.2, 0.25) is 0 Å². The van der Waals surface area contributed by atoms with Crippen LogP contribution in [0.4, 0.5) is 0 Å². The van der Waals surface area contributed by atoms with E-state index in [0.717, 1.165) is 72.3 Å². The first kappa shape index (κ1) is 28.6. The topological polar surface area (TPSA) is 66.2 Å². The summed E-state index contributed by atoms with van der Waals surface area (Å²) in [6, 6.07) is 35.3. The second-order valence-corrected chi connectivity index (χ2v) is 14.8. The van der Waals surface area contributed by atoms with E-state index in [2.05, 4.69) is 125 Å². The van der Waals surface area contributed by atoms with E-state index in [0.29, 0.717) is 11.8 Å². The number of para-hydroxylation sites is 2. The number of hydrogen-bond acceptors (Lipinski definition) is 5. The van der Waals surface area contributed by atoms with E-state index in [-0.39, 0.29) is 10.8 Å². The summed E-state index contributed by atoms with van der Waals surface area (Å²) in [6.07, 6.45) is 0. The van der Waals surface area contributed by atoms with Crippen molar-refractivity contribution in [2.75, 3.05) is 0 Å². The Labute approximate surface area is 277 Å². The summed E-state index contributed by atoms with van der Waals surface area (Å²) in [5.74, 6) is 1.81. The maximum absolute atomic E-state index is 6.79. The molecule has 0 N–H and O–H groups in total. The molecule has 0 aliphatic heterocycles. The zero-order valence-electron chi connectivity index (χ0n) is 27.9. The van der Waals surface area contributed by atoms with Crippen molar-refractivity contribution < 1.29 is 13.6 Å². The summed E-state index contributed by atoms with van der Waals surface area (Å²) in [6.45, 7) is 13.1. The van der Waals surface area contributed by atoms with Gasteiger partial charge in [-0.2, -0.15) is 4.98 Å². The van der Waals surface area contributed by atoms with Crippen molar-refractivity contribution in [2.45, 2.75) is 52.4 Å². The van der Waals surface area contributed by atoms with E-state index in [9.17, 15) is 0 Å². The number of rotatable bonds is 4. The van der Waals surface area contributed by atoms with Gasteiger partial charge in [0.1, 0.15) is 28.1 Å². The average molecular weight is 630 g/mol. The molecule has 0 atom stereocenters. The van der Waals surface area contributed by atoms with Gasteiger partial charge in [0.15, 0.2) is 0 Å². The molecule has 236 valence electrons. The Morgan fingerprint density at radius 1 is 0.583 bits per heavy atom. The molecule has 9 aromatic rings. The molecule has 0 aliphatic rings. The predicted molar refractivity (Wildman–Crippen MR) is 194 cm³/mol. The standard InChI is InChI=1S/C42H35N3O3/c1-41(2,3)25-22-29(24-20-34-39-35(21-24)47-33-17-11-16-32(46-34)38(33)39)43-37(23-25)48-40-28(42(4,5)6)18-19-36(44-40)45-30-14-9-7-12-26(30)27-13-8-10-15-31(27)45/h7-23H,1-6H3. The third kappa shape index (κ3) is 4.39. The van der Waals surface area contributed by atoms with E-state index < -0.39 is 0 Å². The van der Waals surface area contributed by atoms with E-state index in [1.54, 1.807) is 0 Å². The highest BCUT2D eigenvalue weighted by Crippen LogP contribution is 2.43. The number of furan rings is 2. The lowest BCUT2D eigenvalue weighted by Crippen LogP contribution is -2.15. The van der Waals surface area contributed by atoms with Gasteiger partial charge in [-0.15, -0.1) is 0 Å². The maximum atomic E-state index is 6.79. The Balaban J connectivity index is 1.22. The van der Waals surface area contributed by atoms with Crippen LogP contribution in [0, 0.1) is 0 Å². The molecule has 4 aromatic carbocycles. The summed E-state index contributed by atoms with van der Waals surface area (Å²) in [5.41, 5.74) is 8.78. The number of aromatic nitrogens is 3. The number of fused-ring (bicyclic) bond motifs is 3. The van der Waals surface area contributed by atoms with Crippen LogP contribution in [0.3, 0.4) is 0 Å². The zero-order valence-corrected chi connectivity index (χ0v) is 27.9. The number of hydrogen-bond donors (Lipinski definition) is 0. The van der Waals surface area contributed by atoms with Crippen molar-refractivity contribution >= 4 is 54.9 Å². The van der Waals surface area contributed by atoms with Crippen molar-refractivity contribution in [3.05, 3.63) is 114 Å². The minimum Gasteiger partial charge on any atom is -0.456 e. The van der Waals surface area contributed by atoms with Gasteiger partial charge < -0.3 is 13.6 Å². The predicted octanol–water partition coefficient (Wildman–Crippen LogP) is 11.7. The first-order chi connectivity index (χ1) is 23.0. The van der Waals surface area contributed by atoms with Gasteiger partial charge in [-0.25, -0.2) is 4.98 Å². The van der Waals surface area contributed by atoms with Crippen molar-refractivity contribution in [2.24, 2.45) is 0 Å². The van der Waals surface area contributed by atoms with E-state index >= 15 is 0 Å². The summed E-state index contributed by atoms with van der Waals surface area (Å²) in [4.78, 5) is 10.3. The van der Waals surface area contributed by atoms with Crippen LogP contribution in [0.5, 0.6) is 11.8 Å². The molecule has 9 rings (SSSR count). The van der Waals surface area contributed by atoms with E-state index in [1.807, 2.05) is 24.3 Å². The van der Waals surface area contributed by atoms with Gasteiger partial charge in [-0.05, 0) is 71.0 Å². The normalized spacial score (nSPS) is 12.8. The quantitative estimate of drug-likeness (QED) is 0.194. The molecule has 0 amide bonds. The number of pyridine rings is 2. The van der Waals surface area contributed by atoms with Gasteiger partial charge in [0.25, 0.3) is 0 Å². The fraction of sp³-hybridized carbons (Fsp3) is 0.190. The van der Waals surface area contributed by atoms with Crippen LogP contribution in [-0.4, -0.2) is 14.5 Å². The molecule has 0 aliphatic carbocycles. The summed E-state index contributed by atoms with van der Waals surface area (Å²) < 4.78 is 21.5. The first-order valence-electron chi connectivity index (χ1n) is 16.4. The van der Waals surface area contributed by atoms with Crippen molar-refractivity contribution in [1.29, 1.82) is 0 Å². The summed E-state index contributed by atoms with van der Waals surface area (Å²) >= 11 is 0. The number of benzene rings is 4. The van der Waals surface area contributed by atoms with Gasteiger partial charge >= 0.3 is 0 Å². The molecule has 48 heavy (non-hydrogen) atoms. The van der Waals surface area contributed by atoms with Gasteiger partial charge in [0.05, 0.1) is 27.5 Å². The fourth-order valence-corrected chi connectivity index (χ4v) is 6.92. The molecular formula is C42H35N3O3. The minimum absolute atomic E-state index is 0.162. The Morgan fingerprint density at radius 3 is 1.79 bits per heavy atom. The van der Waals surface area contributed by atoms with E-state index in [1.165, 1.54) is 10.8 Å². The van der Waals surface area contributed by atoms with Gasteiger partial charge in [-0.1, -0.05) is 84.0 Å². The van der Waals surface area contributed by atoms with Gasteiger partial charge in [0.2, 0.25) is 11.8 Å². The smallest absolute Gasteiger partial charge is 0.227 e. The molecule has 0 unspecified atom stereocenters. The van der Waals surface area contributed by atoms with Crippen LogP contribution >= 0.6 is 0 Å². The molecule has 5 aromatic heterocycles. The monoisotopic (exact) mass is 629 g/mol. The van der Waals surface area contributed by atoms with Gasteiger partial charge in [0, 0.05) is 28.0 Å². The maximum Gasteiger partial charge on any atom is 0.227 e. The Morgan fingerprint density at radius 2 is 1.19 bits per heavy atom. The highest BCUT2D eigenvalue weighted by atomic mass is 16.5. The van der Waals surface area contributed by atoms with Crippen LogP contribution < -0.4 is 4.74 Å². The number of nitrogens with zero attached hydrogens (tertiary/aromatic N) is 3. The SMILES string of the molecule is CC(C)(C)c1cc(Oc2nc(-n3c4ccccc4c4ccccc43)ccc2C(C)(C)C)nc(-c2cc3oc4cccc5oc(c2)c3c45)c1. The second-order valence-electron chi connectivity index (χ2n) is 14.8. The lowest BCUT2D eigenvalue weighted by atomic mass is 9.86. The van der Waals surface area contributed by atoms with E-state index in [4.69, 9.17) is 23.5 Å². The highest BCUT2D eigenvalue weighted by molar-refractivity contribution is 6.20. The lowest BCUT2D eigenvalue weighted by molar-refractivity contribution is 0.420. The Kier molecular flexibility index (Phi) is 5.92. The molecule has 0 saturated carbocycles. The summed E-state index contributed by atoms with van der Waals surface area (Å²) in [7, 11) is 0. The van der Waals surface area contributed by atoms with Gasteiger partial charge in [-0.3, -0.25) is 4.57 Å². The molecule has 0 radical (unpaired) electrons. The molecule has 5 heterocycles. The molecule has 0 spiro atoms. The molecule has 0 bridgehead atoms. The van der Waals surface area contributed by atoms with Crippen LogP contribution in [0.25, 0.3) is 72.0 Å². The average Bonchev–Trinajstić information content (AvgIpc) is 3.73. The minimum atomic E-state index is -0.224. The third-order valence-corrected chi connectivity index (χ3v) is 9.37. The van der Waals surface area contributed by atoms with Crippen molar-refractivity contribution in [1.82, 2.24) is 14.5 Å². The van der Waals surface area contributed by atoms with Crippen LogP contribution in [0.15, 0.2) is 112 Å². The molecule has 6 nitrogen and oxygen atoms in total.